The Bertz CT molecular complexity index is 734. The molecule has 0 radical (unpaired) electrons. The summed E-state index contributed by atoms with van der Waals surface area (Å²) in [4.78, 5) is 0. The third-order valence-electron chi connectivity index (χ3n) is 4.35. The first kappa shape index (κ1) is 19.7. The van der Waals surface area contributed by atoms with Gasteiger partial charge in [-0.2, -0.15) is 0 Å². The summed E-state index contributed by atoms with van der Waals surface area (Å²) in [6.07, 6.45) is 2.21. The molecule has 0 bridgehead atoms. The summed E-state index contributed by atoms with van der Waals surface area (Å²) in [5, 5.41) is 1.48. The largest absolute Gasteiger partial charge is 1.00 e. The van der Waals surface area contributed by atoms with Crippen molar-refractivity contribution < 1.29 is 21.7 Å². The van der Waals surface area contributed by atoms with Crippen molar-refractivity contribution in [2.45, 2.75) is 6.16 Å². The van der Waals surface area contributed by atoms with E-state index in [9.17, 15) is 0 Å². The van der Waals surface area contributed by atoms with E-state index in [-0.39, 0.29) is 17.0 Å². The van der Waals surface area contributed by atoms with E-state index in [2.05, 4.69) is 67.3 Å². The van der Waals surface area contributed by atoms with Crippen LogP contribution >= 0.6 is 7.26 Å². The predicted octanol–water partition coefficient (Wildman–Crippen LogP) is 2.24. The van der Waals surface area contributed by atoms with Crippen LogP contribution in [-0.4, -0.2) is 19.4 Å². The lowest BCUT2D eigenvalue weighted by atomic mass is 10.2. The van der Waals surface area contributed by atoms with Crippen LogP contribution in [0.2, 0.25) is 0 Å². The molecule has 25 heavy (non-hydrogen) atoms. The Morgan fingerprint density at radius 3 is 1.84 bits per heavy atom. The fraction of sp³-hybridized carbons (Fsp3) is 0.182. The predicted molar refractivity (Wildman–Crippen MR) is 106 cm³/mol. The van der Waals surface area contributed by atoms with Crippen LogP contribution in [0.4, 0.5) is 0 Å². The fourth-order valence-electron chi connectivity index (χ4n) is 2.96. The zero-order chi connectivity index (χ0) is 16.7. The standard InChI is InChI=1S/C22H24OP.BrH/c1-24(22-15-9-4-10-16-22,19-20-11-5-2-6-12-20)18-17-23-21-13-7-3-8-14-21;/h2-16H,17-19H2,1H3;1H/q+1;/p-1. The van der Waals surface area contributed by atoms with Crippen LogP contribution < -0.4 is 27.0 Å². The van der Waals surface area contributed by atoms with E-state index in [1.807, 2.05) is 30.3 Å². The molecule has 3 aromatic rings. The highest BCUT2D eigenvalue weighted by atomic mass is 79.9. The maximum absolute atomic E-state index is 5.99. The maximum Gasteiger partial charge on any atom is 0.122 e. The van der Waals surface area contributed by atoms with Gasteiger partial charge in [-0.15, -0.1) is 0 Å². The van der Waals surface area contributed by atoms with Crippen LogP contribution in [0, 0.1) is 0 Å². The average Bonchev–Trinajstić information content (AvgIpc) is 2.64. The van der Waals surface area contributed by atoms with Gasteiger partial charge in [0.05, 0.1) is 31.6 Å². The van der Waals surface area contributed by atoms with Gasteiger partial charge in [-0.1, -0.05) is 66.7 Å². The molecule has 0 amide bonds. The van der Waals surface area contributed by atoms with Crippen LogP contribution in [0.3, 0.4) is 0 Å². The molecule has 0 aliphatic heterocycles. The van der Waals surface area contributed by atoms with Gasteiger partial charge in [0.25, 0.3) is 0 Å². The van der Waals surface area contributed by atoms with Crippen molar-refractivity contribution in [1.29, 1.82) is 0 Å². The van der Waals surface area contributed by atoms with E-state index in [1.54, 1.807) is 0 Å². The molecule has 130 valence electrons. The fourth-order valence-corrected chi connectivity index (χ4v) is 5.96. The molecule has 0 aliphatic carbocycles. The highest BCUT2D eigenvalue weighted by molar-refractivity contribution is 7.81. The number of rotatable bonds is 7. The second-order valence-electron chi connectivity index (χ2n) is 6.26. The minimum atomic E-state index is -1.31. The van der Waals surface area contributed by atoms with E-state index in [4.69, 9.17) is 4.74 Å². The van der Waals surface area contributed by atoms with Gasteiger partial charge in [0.2, 0.25) is 0 Å². The molecule has 0 fully saturated rings. The minimum Gasteiger partial charge on any atom is -1.00 e. The second kappa shape index (κ2) is 9.75. The number of hydrogen-bond acceptors (Lipinski definition) is 1. The monoisotopic (exact) mass is 414 g/mol. The molecule has 0 spiro atoms. The number of halogens is 1. The van der Waals surface area contributed by atoms with Crippen molar-refractivity contribution in [2.75, 3.05) is 19.4 Å². The molecule has 0 heterocycles. The third kappa shape index (κ3) is 5.70. The molecule has 0 saturated heterocycles. The topological polar surface area (TPSA) is 9.23 Å². The van der Waals surface area contributed by atoms with Crippen LogP contribution in [0.15, 0.2) is 91.0 Å². The number of benzene rings is 3. The van der Waals surface area contributed by atoms with E-state index >= 15 is 0 Å². The molecule has 1 unspecified atom stereocenters. The summed E-state index contributed by atoms with van der Waals surface area (Å²) < 4.78 is 5.99. The maximum atomic E-state index is 5.99. The first-order valence-corrected chi connectivity index (χ1v) is 11.0. The average molecular weight is 415 g/mol. The summed E-state index contributed by atoms with van der Waals surface area (Å²) in [6, 6.07) is 31.9. The second-order valence-corrected chi connectivity index (χ2v) is 10.3. The van der Waals surface area contributed by atoms with Crippen LogP contribution in [-0.2, 0) is 6.16 Å². The van der Waals surface area contributed by atoms with Gasteiger partial charge < -0.3 is 21.7 Å². The number of para-hydroxylation sites is 1. The molecule has 1 atom stereocenters. The first-order chi connectivity index (χ1) is 11.8. The highest BCUT2D eigenvalue weighted by Gasteiger charge is 2.34. The Labute approximate surface area is 162 Å². The SMILES string of the molecule is C[P+](CCOc1ccccc1)(Cc1ccccc1)c1ccccc1.[Br-]. The molecule has 3 aromatic carbocycles. The Balaban J connectivity index is 0.00000225. The molecule has 0 saturated carbocycles. The van der Waals surface area contributed by atoms with Gasteiger partial charge in [-0.25, -0.2) is 0 Å². The zero-order valence-electron chi connectivity index (χ0n) is 14.5. The Morgan fingerprint density at radius 2 is 1.24 bits per heavy atom. The number of hydrogen-bond donors (Lipinski definition) is 0. The Morgan fingerprint density at radius 1 is 0.720 bits per heavy atom. The van der Waals surface area contributed by atoms with E-state index in [0.29, 0.717) is 0 Å². The summed E-state index contributed by atoms with van der Waals surface area (Å²) in [6.45, 7) is 3.21. The Kier molecular flexibility index (Phi) is 7.68. The van der Waals surface area contributed by atoms with Crippen molar-refractivity contribution in [3.63, 3.8) is 0 Å². The van der Waals surface area contributed by atoms with E-state index in [1.165, 1.54) is 10.9 Å². The lowest BCUT2D eigenvalue weighted by Crippen LogP contribution is -3.00. The van der Waals surface area contributed by atoms with Crippen molar-refractivity contribution >= 4 is 12.6 Å². The highest BCUT2D eigenvalue weighted by Crippen LogP contribution is 2.56. The van der Waals surface area contributed by atoms with Gasteiger partial charge in [-0.3, -0.25) is 0 Å². The van der Waals surface area contributed by atoms with Gasteiger partial charge in [0.15, 0.2) is 0 Å². The van der Waals surface area contributed by atoms with Crippen LogP contribution in [0.5, 0.6) is 5.75 Å². The van der Waals surface area contributed by atoms with Crippen LogP contribution in [0.25, 0.3) is 0 Å². The van der Waals surface area contributed by atoms with E-state index in [0.717, 1.165) is 24.7 Å². The van der Waals surface area contributed by atoms with Gasteiger partial charge in [0, 0.05) is 0 Å². The van der Waals surface area contributed by atoms with Gasteiger partial charge >= 0.3 is 0 Å². The van der Waals surface area contributed by atoms with Gasteiger partial charge in [-0.05, 0) is 29.8 Å². The van der Waals surface area contributed by atoms with Crippen molar-refractivity contribution in [1.82, 2.24) is 0 Å². The molecule has 3 rings (SSSR count). The first-order valence-electron chi connectivity index (χ1n) is 8.38. The van der Waals surface area contributed by atoms with Crippen molar-refractivity contribution in [3.8, 4) is 5.75 Å². The normalized spacial score (nSPS) is 12.7. The molecule has 1 nitrogen and oxygen atoms in total. The lowest BCUT2D eigenvalue weighted by molar-refractivity contribution is -0.00000543. The van der Waals surface area contributed by atoms with Gasteiger partial charge in [0.1, 0.15) is 12.4 Å². The van der Waals surface area contributed by atoms with Crippen molar-refractivity contribution in [2.24, 2.45) is 0 Å². The quantitative estimate of drug-likeness (QED) is 0.538. The lowest BCUT2D eigenvalue weighted by Gasteiger charge is -2.23. The van der Waals surface area contributed by atoms with Crippen molar-refractivity contribution in [3.05, 3.63) is 96.6 Å². The number of ether oxygens (including phenoxy) is 1. The summed E-state index contributed by atoms with van der Waals surface area (Å²) >= 11 is 0. The molecule has 0 aliphatic rings. The third-order valence-corrected chi connectivity index (χ3v) is 8.13. The summed E-state index contributed by atoms with van der Waals surface area (Å²) in [7, 11) is -1.31. The molecular formula is C22H24BrOP. The summed E-state index contributed by atoms with van der Waals surface area (Å²) in [5.74, 6) is 0.955. The Hall–Kier alpha value is -1.63. The van der Waals surface area contributed by atoms with Crippen LogP contribution in [0.1, 0.15) is 5.56 Å². The minimum absolute atomic E-state index is 0. The smallest absolute Gasteiger partial charge is 0.122 e. The summed E-state index contributed by atoms with van der Waals surface area (Å²) in [5.41, 5.74) is 1.41. The molecule has 0 aromatic heterocycles. The molecule has 0 N–H and O–H groups in total. The molecular weight excluding hydrogens is 391 g/mol. The zero-order valence-corrected chi connectivity index (χ0v) is 17.0. The molecule has 3 heteroatoms. The van der Waals surface area contributed by atoms with E-state index < -0.39 is 7.26 Å².